The Morgan fingerprint density at radius 1 is 1.18 bits per heavy atom. The molecule has 1 rings (SSSR count). The Kier molecular flexibility index (Phi) is 6.45. The number of benzene rings is 1. The van der Waals surface area contributed by atoms with Crippen molar-refractivity contribution in [3.05, 3.63) is 35.9 Å². The molecule has 1 unspecified atom stereocenters. The van der Waals surface area contributed by atoms with Crippen LogP contribution in [0.3, 0.4) is 0 Å². The first-order chi connectivity index (χ1) is 8.14. The van der Waals surface area contributed by atoms with Gasteiger partial charge in [0.15, 0.2) is 0 Å². The summed E-state index contributed by atoms with van der Waals surface area (Å²) in [5.74, 6) is 0. The lowest BCUT2D eigenvalue weighted by molar-refractivity contribution is 0.148. The number of rotatable bonds is 8. The van der Waals surface area contributed by atoms with E-state index in [1.165, 1.54) is 5.56 Å². The zero-order valence-electron chi connectivity index (χ0n) is 10.0. The summed E-state index contributed by atoms with van der Waals surface area (Å²) in [6.45, 7) is 2.34. The van der Waals surface area contributed by atoms with Crippen LogP contribution in [0.15, 0.2) is 30.3 Å². The van der Waals surface area contributed by atoms with Crippen LogP contribution in [-0.4, -0.2) is 18.1 Å². The van der Waals surface area contributed by atoms with Gasteiger partial charge < -0.3 is 4.89 Å². The molecule has 4 nitrogen and oxygen atoms in total. The molecule has 0 saturated heterocycles. The average Bonchev–Trinajstić information content (AvgIpc) is 2.34. The van der Waals surface area contributed by atoms with Crippen LogP contribution >= 0.6 is 7.82 Å². The van der Waals surface area contributed by atoms with Gasteiger partial charge >= 0.3 is 7.82 Å². The van der Waals surface area contributed by atoms with Crippen LogP contribution in [0, 0.1) is 0 Å². The van der Waals surface area contributed by atoms with E-state index >= 15 is 0 Å². The lowest BCUT2D eigenvalue weighted by Gasteiger charge is -2.11. The molecule has 0 amide bonds. The number of hydrogen-bond acceptors (Lipinski definition) is 3. The van der Waals surface area contributed by atoms with Crippen LogP contribution in [0.1, 0.15) is 25.3 Å². The quantitative estimate of drug-likeness (QED) is 0.574. The zero-order chi connectivity index (χ0) is 12.6. The fourth-order valence-electron chi connectivity index (χ4n) is 1.34. The van der Waals surface area contributed by atoms with Crippen molar-refractivity contribution in [1.82, 2.24) is 0 Å². The van der Waals surface area contributed by atoms with Crippen LogP contribution in [0.4, 0.5) is 0 Å². The van der Waals surface area contributed by atoms with Crippen molar-refractivity contribution in [1.29, 1.82) is 0 Å². The highest BCUT2D eigenvalue weighted by atomic mass is 31.2. The van der Waals surface area contributed by atoms with Gasteiger partial charge in [-0.05, 0) is 24.8 Å². The van der Waals surface area contributed by atoms with E-state index in [1.54, 1.807) is 0 Å². The molecular formula is C12H19O4P. The minimum Gasteiger partial charge on any atom is -0.302 e. The van der Waals surface area contributed by atoms with E-state index in [0.717, 1.165) is 6.42 Å². The molecule has 0 aliphatic heterocycles. The maximum absolute atomic E-state index is 11.3. The van der Waals surface area contributed by atoms with Gasteiger partial charge in [0.05, 0.1) is 13.2 Å². The first-order valence-electron chi connectivity index (χ1n) is 5.80. The third-order valence-electron chi connectivity index (χ3n) is 2.17. The lowest BCUT2D eigenvalue weighted by atomic mass is 10.1. The molecule has 1 atom stereocenters. The minimum atomic E-state index is -3.83. The van der Waals surface area contributed by atoms with Gasteiger partial charge in [0.2, 0.25) is 0 Å². The highest BCUT2D eigenvalue weighted by Gasteiger charge is 2.19. The monoisotopic (exact) mass is 258 g/mol. The van der Waals surface area contributed by atoms with Crippen molar-refractivity contribution in [2.75, 3.05) is 13.2 Å². The predicted molar refractivity (Wildman–Crippen MR) is 66.8 cm³/mol. The van der Waals surface area contributed by atoms with Crippen LogP contribution in [0.25, 0.3) is 0 Å². The molecule has 0 spiro atoms. The van der Waals surface area contributed by atoms with Crippen LogP contribution in [0.2, 0.25) is 0 Å². The predicted octanol–water partition coefficient (Wildman–Crippen LogP) is 3.16. The van der Waals surface area contributed by atoms with Gasteiger partial charge in [0, 0.05) is 0 Å². The van der Waals surface area contributed by atoms with E-state index in [2.05, 4.69) is 0 Å². The van der Waals surface area contributed by atoms with E-state index in [9.17, 15) is 9.46 Å². The highest BCUT2D eigenvalue weighted by molar-refractivity contribution is 7.47. The second kappa shape index (κ2) is 7.62. The largest absolute Gasteiger partial charge is 0.472 e. The number of phosphoric ester groups is 1. The first-order valence-corrected chi connectivity index (χ1v) is 7.29. The zero-order valence-corrected chi connectivity index (χ0v) is 10.9. The van der Waals surface area contributed by atoms with E-state index in [-0.39, 0.29) is 13.2 Å². The van der Waals surface area contributed by atoms with Crippen molar-refractivity contribution in [2.24, 2.45) is 0 Å². The standard InChI is InChI=1S/C12H19O4P/c1-2-10-15-17(13,14)16-11-6-9-12-7-4-3-5-8-12/h3-5,7-8H,2,6,9-11H2,1H3,(H,13,14). The fraction of sp³-hybridized carbons (Fsp3) is 0.500. The Labute approximate surface area is 102 Å². The summed E-state index contributed by atoms with van der Waals surface area (Å²) >= 11 is 0. The maximum atomic E-state index is 11.3. The maximum Gasteiger partial charge on any atom is 0.472 e. The Balaban J connectivity index is 2.17. The second-order valence-electron chi connectivity index (χ2n) is 3.72. The molecule has 0 bridgehead atoms. The molecule has 96 valence electrons. The Bertz CT molecular complexity index is 353. The first kappa shape index (κ1) is 14.4. The number of hydrogen-bond donors (Lipinski definition) is 1. The smallest absolute Gasteiger partial charge is 0.302 e. The van der Waals surface area contributed by atoms with Gasteiger partial charge in [-0.15, -0.1) is 0 Å². The van der Waals surface area contributed by atoms with Crippen LogP contribution in [-0.2, 0) is 20.0 Å². The van der Waals surface area contributed by atoms with Crippen LogP contribution < -0.4 is 0 Å². The van der Waals surface area contributed by atoms with Gasteiger partial charge in [-0.25, -0.2) is 4.57 Å². The molecule has 0 radical (unpaired) electrons. The van der Waals surface area contributed by atoms with Gasteiger partial charge in [0.25, 0.3) is 0 Å². The molecule has 0 fully saturated rings. The third-order valence-corrected chi connectivity index (χ3v) is 3.18. The highest BCUT2D eigenvalue weighted by Crippen LogP contribution is 2.43. The summed E-state index contributed by atoms with van der Waals surface area (Å²) in [5, 5.41) is 0. The van der Waals surface area contributed by atoms with Crippen molar-refractivity contribution in [2.45, 2.75) is 26.2 Å². The molecule has 1 aromatic carbocycles. The third kappa shape index (κ3) is 6.59. The lowest BCUT2D eigenvalue weighted by Crippen LogP contribution is -1.99. The number of aryl methyl sites for hydroxylation is 1. The molecule has 0 saturated carbocycles. The fourth-order valence-corrected chi connectivity index (χ4v) is 2.19. The van der Waals surface area contributed by atoms with Crippen molar-refractivity contribution in [3.63, 3.8) is 0 Å². The molecule has 1 N–H and O–H groups in total. The molecule has 5 heteroatoms. The summed E-state index contributed by atoms with van der Waals surface area (Å²) in [4.78, 5) is 9.25. The molecule has 0 aliphatic carbocycles. The summed E-state index contributed by atoms with van der Waals surface area (Å²) in [6.07, 6.45) is 2.22. The second-order valence-corrected chi connectivity index (χ2v) is 5.18. The van der Waals surface area contributed by atoms with Gasteiger partial charge in [-0.1, -0.05) is 37.3 Å². The Hall–Kier alpha value is -0.670. The molecule has 17 heavy (non-hydrogen) atoms. The summed E-state index contributed by atoms with van der Waals surface area (Å²) < 4.78 is 20.9. The summed E-state index contributed by atoms with van der Waals surface area (Å²) in [7, 11) is -3.83. The molecule has 0 aliphatic rings. The topological polar surface area (TPSA) is 55.8 Å². The number of phosphoric acid groups is 1. The van der Waals surface area contributed by atoms with Crippen LogP contribution in [0.5, 0.6) is 0 Å². The van der Waals surface area contributed by atoms with Crippen molar-refractivity contribution in [3.8, 4) is 0 Å². The van der Waals surface area contributed by atoms with E-state index in [0.29, 0.717) is 12.8 Å². The Morgan fingerprint density at radius 3 is 2.47 bits per heavy atom. The van der Waals surface area contributed by atoms with E-state index in [1.807, 2.05) is 37.3 Å². The average molecular weight is 258 g/mol. The minimum absolute atomic E-state index is 0.229. The SMILES string of the molecule is CCCOP(=O)(O)OCCCc1ccccc1. The van der Waals surface area contributed by atoms with Crippen molar-refractivity contribution >= 4 is 7.82 Å². The molecule has 0 heterocycles. The van der Waals surface area contributed by atoms with E-state index < -0.39 is 7.82 Å². The van der Waals surface area contributed by atoms with Crippen molar-refractivity contribution < 1.29 is 18.5 Å². The Morgan fingerprint density at radius 2 is 1.82 bits per heavy atom. The summed E-state index contributed by atoms with van der Waals surface area (Å²) in [6, 6.07) is 9.94. The summed E-state index contributed by atoms with van der Waals surface area (Å²) in [5.41, 5.74) is 1.19. The molecule has 0 aromatic heterocycles. The van der Waals surface area contributed by atoms with E-state index in [4.69, 9.17) is 9.05 Å². The molecular weight excluding hydrogens is 239 g/mol. The van der Waals surface area contributed by atoms with Gasteiger partial charge in [0.1, 0.15) is 0 Å². The molecule has 1 aromatic rings. The normalized spacial score (nSPS) is 14.5. The van der Waals surface area contributed by atoms with Gasteiger partial charge in [-0.3, -0.25) is 9.05 Å². The van der Waals surface area contributed by atoms with Gasteiger partial charge in [-0.2, -0.15) is 0 Å².